The lowest BCUT2D eigenvalue weighted by Gasteiger charge is -2.35. The molecule has 22 heavy (non-hydrogen) atoms. The number of hydrogen-bond acceptors (Lipinski definition) is 4. The maximum absolute atomic E-state index is 12.4. The van der Waals surface area contributed by atoms with Crippen LogP contribution < -0.4 is 0 Å². The van der Waals surface area contributed by atoms with Crippen LogP contribution in [-0.4, -0.2) is 72.9 Å². The molecule has 0 aromatic heterocycles. The number of piperazine rings is 1. The monoisotopic (exact) mass is 326 g/mol. The smallest absolute Gasteiger partial charge is 0.255 e. The first kappa shape index (κ1) is 17.2. The largest absolute Gasteiger partial charge is 0.389 e. The van der Waals surface area contributed by atoms with Gasteiger partial charge in [-0.25, -0.2) is 0 Å². The number of benzene rings is 1. The Morgan fingerprint density at radius 2 is 2.00 bits per heavy atom. The van der Waals surface area contributed by atoms with Crippen molar-refractivity contribution in [1.29, 1.82) is 0 Å². The molecule has 0 aliphatic carbocycles. The molecule has 1 N–H and O–H groups in total. The van der Waals surface area contributed by atoms with Crippen molar-refractivity contribution in [2.45, 2.75) is 13.0 Å². The number of amides is 1. The summed E-state index contributed by atoms with van der Waals surface area (Å²) >= 11 is 6.08. The van der Waals surface area contributed by atoms with E-state index in [1.54, 1.807) is 12.1 Å². The van der Waals surface area contributed by atoms with Crippen LogP contribution in [0.5, 0.6) is 0 Å². The van der Waals surface area contributed by atoms with Gasteiger partial charge in [0, 0.05) is 39.3 Å². The van der Waals surface area contributed by atoms with E-state index in [0.717, 1.165) is 13.1 Å². The number of aliphatic hydroxyl groups is 1. The highest BCUT2D eigenvalue weighted by atomic mass is 35.5. The van der Waals surface area contributed by atoms with Crippen molar-refractivity contribution in [2.75, 3.05) is 45.9 Å². The minimum Gasteiger partial charge on any atom is -0.389 e. The van der Waals surface area contributed by atoms with E-state index < -0.39 is 6.10 Å². The van der Waals surface area contributed by atoms with Crippen molar-refractivity contribution >= 4 is 17.5 Å². The SMILES string of the molecule is CCOC[C@H](O)CN1CCN(C(=O)c2ccccc2Cl)CC1. The predicted molar refractivity (Wildman–Crippen MR) is 86.3 cm³/mol. The molecule has 122 valence electrons. The minimum absolute atomic E-state index is 0.0277. The van der Waals surface area contributed by atoms with E-state index in [2.05, 4.69) is 4.90 Å². The van der Waals surface area contributed by atoms with Gasteiger partial charge in [0.2, 0.25) is 0 Å². The highest BCUT2D eigenvalue weighted by Crippen LogP contribution is 2.18. The van der Waals surface area contributed by atoms with Gasteiger partial charge in [0.05, 0.1) is 23.3 Å². The summed E-state index contributed by atoms with van der Waals surface area (Å²) in [4.78, 5) is 16.4. The number of aliphatic hydroxyl groups excluding tert-OH is 1. The fourth-order valence-electron chi connectivity index (χ4n) is 2.54. The molecule has 1 heterocycles. The van der Waals surface area contributed by atoms with Crippen molar-refractivity contribution < 1.29 is 14.6 Å². The molecule has 1 aromatic carbocycles. The minimum atomic E-state index is -0.481. The molecule has 1 fully saturated rings. The van der Waals surface area contributed by atoms with E-state index in [1.165, 1.54) is 0 Å². The average Bonchev–Trinajstić information content (AvgIpc) is 2.53. The van der Waals surface area contributed by atoms with E-state index in [1.807, 2.05) is 24.0 Å². The van der Waals surface area contributed by atoms with Crippen molar-refractivity contribution in [3.05, 3.63) is 34.9 Å². The molecule has 0 spiro atoms. The fraction of sp³-hybridized carbons (Fsp3) is 0.562. The second-order valence-corrected chi connectivity index (χ2v) is 5.79. The molecule has 2 rings (SSSR count). The summed E-state index contributed by atoms with van der Waals surface area (Å²) in [5, 5.41) is 10.3. The van der Waals surface area contributed by atoms with E-state index in [-0.39, 0.29) is 5.91 Å². The van der Waals surface area contributed by atoms with Gasteiger partial charge in [0.15, 0.2) is 0 Å². The Bertz CT molecular complexity index is 490. The highest BCUT2D eigenvalue weighted by Gasteiger charge is 2.24. The average molecular weight is 327 g/mol. The Labute approximate surface area is 136 Å². The van der Waals surface area contributed by atoms with Crippen LogP contribution >= 0.6 is 11.6 Å². The summed E-state index contributed by atoms with van der Waals surface area (Å²) in [5.74, 6) is -0.0277. The zero-order valence-electron chi connectivity index (χ0n) is 12.9. The Morgan fingerprint density at radius 1 is 1.32 bits per heavy atom. The Morgan fingerprint density at radius 3 is 2.64 bits per heavy atom. The molecule has 6 heteroatoms. The summed E-state index contributed by atoms with van der Waals surface area (Å²) in [6.45, 7) is 6.24. The van der Waals surface area contributed by atoms with Crippen molar-refractivity contribution in [3.63, 3.8) is 0 Å². The zero-order chi connectivity index (χ0) is 15.9. The van der Waals surface area contributed by atoms with Crippen LogP contribution in [0.2, 0.25) is 5.02 Å². The molecular weight excluding hydrogens is 304 g/mol. The molecule has 0 bridgehead atoms. The van der Waals surface area contributed by atoms with Gasteiger partial charge in [-0.15, -0.1) is 0 Å². The second-order valence-electron chi connectivity index (χ2n) is 5.39. The van der Waals surface area contributed by atoms with Gasteiger partial charge >= 0.3 is 0 Å². The van der Waals surface area contributed by atoms with E-state index in [0.29, 0.717) is 43.4 Å². The topological polar surface area (TPSA) is 53.0 Å². The lowest BCUT2D eigenvalue weighted by Crippen LogP contribution is -2.50. The van der Waals surface area contributed by atoms with Gasteiger partial charge in [-0.1, -0.05) is 23.7 Å². The number of β-amino-alcohol motifs (C(OH)–C–C–N with tert-alkyl or cyclic N) is 1. The standard InChI is InChI=1S/C16H23ClN2O3/c1-2-22-12-13(20)11-18-7-9-19(10-8-18)16(21)14-5-3-4-6-15(14)17/h3-6,13,20H,2,7-12H2,1H3/t13-/m1/s1. The van der Waals surface area contributed by atoms with Crippen LogP contribution in [0.25, 0.3) is 0 Å². The summed E-state index contributed by atoms with van der Waals surface area (Å²) in [7, 11) is 0. The normalized spacial score (nSPS) is 17.5. The third-order valence-corrected chi connectivity index (χ3v) is 4.08. The number of hydrogen-bond donors (Lipinski definition) is 1. The van der Waals surface area contributed by atoms with Gasteiger partial charge in [-0.05, 0) is 19.1 Å². The Balaban J connectivity index is 1.82. The van der Waals surface area contributed by atoms with Crippen LogP contribution in [0.3, 0.4) is 0 Å². The van der Waals surface area contributed by atoms with Gasteiger partial charge in [-0.3, -0.25) is 9.69 Å². The number of nitrogens with zero attached hydrogens (tertiary/aromatic N) is 2. The van der Waals surface area contributed by atoms with Crippen molar-refractivity contribution in [2.24, 2.45) is 0 Å². The lowest BCUT2D eigenvalue weighted by atomic mass is 10.1. The molecule has 1 aliphatic rings. The zero-order valence-corrected chi connectivity index (χ0v) is 13.6. The van der Waals surface area contributed by atoms with Crippen LogP contribution in [-0.2, 0) is 4.74 Å². The maximum atomic E-state index is 12.4. The predicted octanol–water partition coefficient (Wildman–Crippen LogP) is 1.50. The molecule has 0 unspecified atom stereocenters. The molecule has 0 radical (unpaired) electrons. The Kier molecular flexibility index (Phi) is 6.64. The van der Waals surface area contributed by atoms with Gasteiger partial charge in [0.25, 0.3) is 5.91 Å². The molecule has 1 aromatic rings. The lowest BCUT2D eigenvalue weighted by molar-refractivity contribution is 0.0111. The number of halogens is 1. The van der Waals surface area contributed by atoms with Gasteiger partial charge in [0.1, 0.15) is 0 Å². The van der Waals surface area contributed by atoms with Crippen molar-refractivity contribution in [1.82, 2.24) is 9.80 Å². The van der Waals surface area contributed by atoms with E-state index in [9.17, 15) is 9.90 Å². The first-order valence-corrected chi connectivity index (χ1v) is 8.01. The molecule has 1 atom stereocenters. The second kappa shape index (κ2) is 8.48. The molecular formula is C16H23ClN2O3. The summed E-state index contributed by atoms with van der Waals surface area (Å²) < 4.78 is 5.21. The van der Waals surface area contributed by atoms with Crippen LogP contribution in [0.1, 0.15) is 17.3 Å². The number of carbonyl (C=O) groups is 1. The number of carbonyl (C=O) groups excluding carboxylic acids is 1. The molecule has 5 nitrogen and oxygen atoms in total. The van der Waals surface area contributed by atoms with Crippen LogP contribution in [0, 0.1) is 0 Å². The van der Waals surface area contributed by atoms with Gasteiger partial charge in [-0.2, -0.15) is 0 Å². The first-order chi connectivity index (χ1) is 10.6. The molecule has 1 aliphatic heterocycles. The molecule has 1 amide bonds. The molecule has 0 saturated carbocycles. The quantitative estimate of drug-likeness (QED) is 0.860. The number of ether oxygens (including phenoxy) is 1. The molecule has 1 saturated heterocycles. The van der Waals surface area contributed by atoms with Crippen LogP contribution in [0.4, 0.5) is 0 Å². The first-order valence-electron chi connectivity index (χ1n) is 7.63. The third kappa shape index (κ3) is 4.68. The summed E-state index contributed by atoms with van der Waals surface area (Å²) in [5.41, 5.74) is 0.550. The summed E-state index contributed by atoms with van der Waals surface area (Å²) in [6.07, 6.45) is -0.481. The van der Waals surface area contributed by atoms with Gasteiger partial charge < -0.3 is 14.7 Å². The van der Waals surface area contributed by atoms with Crippen molar-refractivity contribution in [3.8, 4) is 0 Å². The van der Waals surface area contributed by atoms with E-state index in [4.69, 9.17) is 16.3 Å². The Hall–Kier alpha value is -1.14. The van der Waals surface area contributed by atoms with Crippen LogP contribution in [0.15, 0.2) is 24.3 Å². The highest BCUT2D eigenvalue weighted by molar-refractivity contribution is 6.33. The maximum Gasteiger partial charge on any atom is 0.255 e. The van der Waals surface area contributed by atoms with E-state index >= 15 is 0 Å². The third-order valence-electron chi connectivity index (χ3n) is 3.75. The fourth-order valence-corrected chi connectivity index (χ4v) is 2.76. The summed E-state index contributed by atoms with van der Waals surface area (Å²) in [6, 6.07) is 7.12. The number of rotatable bonds is 6.